The summed E-state index contributed by atoms with van der Waals surface area (Å²) in [5, 5.41) is 11.6. The predicted molar refractivity (Wildman–Crippen MR) is 132 cm³/mol. The van der Waals surface area contributed by atoms with E-state index in [9.17, 15) is 10.1 Å². The molecule has 0 bridgehead atoms. The summed E-state index contributed by atoms with van der Waals surface area (Å²) >= 11 is 1.70. The smallest absolute Gasteiger partial charge is 0.280 e. The molecule has 1 heterocycles. The van der Waals surface area contributed by atoms with Crippen LogP contribution in [0.15, 0.2) is 119 Å². The van der Waals surface area contributed by atoms with E-state index in [0.29, 0.717) is 11.4 Å². The Hall–Kier alpha value is -4.16. The number of H-pyrrole nitrogens is 1. The number of nitrogens with zero attached hydrogens (tertiary/aromatic N) is 2. The molecule has 6 heteroatoms. The van der Waals surface area contributed by atoms with Gasteiger partial charge in [-0.15, -0.1) is 0 Å². The normalized spacial score (nSPS) is 10.8. The number of imidazole rings is 1. The van der Waals surface area contributed by atoms with Crippen molar-refractivity contribution in [2.75, 3.05) is 0 Å². The molecule has 0 aliphatic carbocycles. The molecule has 0 aliphatic heterocycles. The Balaban J connectivity index is 1.57. The number of rotatable bonds is 6. The standard InChI is InChI=1S/C27H19N3O2S/c31-30(32)24-14-8-7-13-23(24)27-28-25(19-9-3-1-4-10-19)26(29-27)20-15-17-22(18-16-20)33-21-11-5-2-6-12-21/h1-18H,(H,28,29). The van der Waals surface area contributed by atoms with E-state index in [4.69, 9.17) is 4.98 Å². The first kappa shape index (κ1) is 20.7. The highest BCUT2D eigenvalue weighted by Gasteiger charge is 2.21. The van der Waals surface area contributed by atoms with Crippen LogP contribution in [0.2, 0.25) is 0 Å². The van der Waals surface area contributed by atoms with Crippen LogP contribution in [0.1, 0.15) is 0 Å². The molecule has 0 radical (unpaired) electrons. The van der Waals surface area contributed by atoms with Crippen molar-refractivity contribution >= 4 is 17.4 Å². The molecule has 33 heavy (non-hydrogen) atoms. The van der Waals surface area contributed by atoms with Crippen molar-refractivity contribution < 1.29 is 4.92 Å². The van der Waals surface area contributed by atoms with E-state index in [0.717, 1.165) is 27.4 Å². The largest absolute Gasteiger partial charge is 0.337 e. The molecule has 0 spiro atoms. The lowest BCUT2D eigenvalue weighted by Gasteiger charge is -2.05. The molecule has 0 atom stereocenters. The third-order valence-electron chi connectivity index (χ3n) is 5.23. The van der Waals surface area contributed by atoms with E-state index in [2.05, 4.69) is 41.4 Å². The van der Waals surface area contributed by atoms with Gasteiger partial charge in [-0.25, -0.2) is 4.98 Å². The minimum Gasteiger partial charge on any atom is -0.337 e. The molecular formula is C27H19N3O2S. The third kappa shape index (κ3) is 4.42. The Morgan fingerprint density at radius 2 is 1.30 bits per heavy atom. The fourth-order valence-corrected chi connectivity index (χ4v) is 4.50. The van der Waals surface area contributed by atoms with Gasteiger partial charge in [0.1, 0.15) is 5.82 Å². The molecule has 4 aromatic carbocycles. The van der Waals surface area contributed by atoms with Crippen LogP contribution in [0.25, 0.3) is 33.9 Å². The molecule has 5 rings (SSSR count). The number of hydrogen-bond acceptors (Lipinski definition) is 4. The number of aromatic nitrogens is 2. The zero-order valence-electron chi connectivity index (χ0n) is 17.5. The summed E-state index contributed by atoms with van der Waals surface area (Å²) in [5.74, 6) is 0.471. The molecule has 1 N–H and O–H groups in total. The average molecular weight is 450 g/mol. The molecule has 160 valence electrons. The second-order valence-electron chi connectivity index (χ2n) is 7.39. The van der Waals surface area contributed by atoms with Crippen molar-refractivity contribution in [2.45, 2.75) is 9.79 Å². The predicted octanol–water partition coefficient (Wildman–Crippen LogP) is 7.47. The SMILES string of the molecule is O=[N+]([O-])c1ccccc1-c1nc(-c2ccccc2)c(-c2ccc(Sc3ccccc3)cc2)[nH]1. The average Bonchev–Trinajstić information content (AvgIpc) is 3.31. The number of nitro benzene ring substituents is 1. The Kier molecular flexibility index (Phi) is 5.74. The molecule has 0 aliphatic rings. The van der Waals surface area contributed by atoms with E-state index < -0.39 is 0 Å². The lowest BCUT2D eigenvalue weighted by molar-refractivity contribution is -0.384. The Bertz CT molecular complexity index is 1400. The Morgan fingerprint density at radius 1 is 0.697 bits per heavy atom. The molecule has 0 unspecified atom stereocenters. The first-order chi connectivity index (χ1) is 16.2. The summed E-state index contributed by atoms with van der Waals surface area (Å²) < 4.78 is 0. The maximum Gasteiger partial charge on any atom is 0.280 e. The highest BCUT2D eigenvalue weighted by atomic mass is 32.2. The topological polar surface area (TPSA) is 71.8 Å². The quantitative estimate of drug-likeness (QED) is 0.216. The van der Waals surface area contributed by atoms with E-state index in [1.165, 1.54) is 11.0 Å². The highest BCUT2D eigenvalue weighted by molar-refractivity contribution is 7.99. The van der Waals surface area contributed by atoms with Gasteiger partial charge in [-0.3, -0.25) is 10.1 Å². The van der Waals surface area contributed by atoms with Crippen molar-refractivity contribution in [3.8, 4) is 33.9 Å². The maximum atomic E-state index is 11.6. The van der Waals surface area contributed by atoms with Crippen molar-refractivity contribution in [1.29, 1.82) is 0 Å². The summed E-state index contributed by atoms with van der Waals surface area (Å²) in [5.41, 5.74) is 3.96. The molecule has 0 fully saturated rings. The molecule has 0 saturated heterocycles. The lowest BCUT2D eigenvalue weighted by Crippen LogP contribution is -1.92. The van der Waals surface area contributed by atoms with Crippen molar-refractivity contribution in [2.24, 2.45) is 0 Å². The number of nitrogens with one attached hydrogen (secondary N) is 1. The van der Waals surface area contributed by atoms with Gasteiger partial charge in [0.15, 0.2) is 0 Å². The minimum absolute atomic E-state index is 0.0204. The van der Waals surface area contributed by atoms with Crippen LogP contribution in [-0.2, 0) is 0 Å². The number of para-hydroxylation sites is 1. The first-order valence-electron chi connectivity index (χ1n) is 10.4. The minimum atomic E-state index is -0.380. The molecule has 1 aromatic heterocycles. The van der Waals surface area contributed by atoms with Crippen molar-refractivity contribution in [3.05, 3.63) is 119 Å². The fourth-order valence-electron chi connectivity index (χ4n) is 3.66. The summed E-state index contributed by atoms with van der Waals surface area (Å²) in [6, 6.07) is 35.0. The summed E-state index contributed by atoms with van der Waals surface area (Å²) in [6.07, 6.45) is 0. The maximum absolute atomic E-state index is 11.6. The number of benzene rings is 4. The van der Waals surface area contributed by atoms with Gasteiger partial charge >= 0.3 is 0 Å². The zero-order chi connectivity index (χ0) is 22.6. The van der Waals surface area contributed by atoms with Crippen molar-refractivity contribution in [1.82, 2.24) is 9.97 Å². The zero-order valence-corrected chi connectivity index (χ0v) is 18.3. The van der Waals surface area contributed by atoms with Crippen LogP contribution in [0.4, 0.5) is 5.69 Å². The monoisotopic (exact) mass is 449 g/mol. The van der Waals surface area contributed by atoms with Gasteiger partial charge in [0.25, 0.3) is 5.69 Å². The summed E-state index contributed by atoms with van der Waals surface area (Å²) in [6.45, 7) is 0. The summed E-state index contributed by atoms with van der Waals surface area (Å²) in [4.78, 5) is 21.7. The van der Waals surface area contributed by atoms with Crippen LogP contribution in [0.5, 0.6) is 0 Å². The van der Waals surface area contributed by atoms with Gasteiger partial charge in [-0.1, -0.05) is 84.6 Å². The van der Waals surface area contributed by atoms with Gasteiger partial charge in [0.2, 0.25) is 0 Å². The van der Waals surface area contributed by atoms with Crippen LogP contribution in [-0.4, -0.2) is 14.9 Å². The van der Waals surface area contributed by atoms with Crippen LogP contribution >= 0.6 is 11.8 Å². The van der Waals surface area contributed by atoms with E-state index in [-0.39, 0.29) is 10.6 Å². The van der Waals surface area contributed by atoms with E-state index >= 15 is 0 Å². The molecule has 0 amide bonds. The molecule has 5 aromatic rings. The number of nitro groups is 1. The van der Waals surface area contributed by atoms with Crippen LogP contribution in [0.3, 0.4) is 0 Å². The lowest BCUT2D eigenvalue weighted by atomic mass is 10.1. The Labute approximate surface area is 195 Å². The number of aromatic amines is 1. The van der Waals surface area contributed by atoms with E-state index in [1.807, 2.05) is 48.5 Å². The second kappa shape index (κ2) is 9.14. The Morgan fingerprint density at radius 3 is 2.00 bits per heavy atom. The van der Waals surface area contributed by atoms with Gasteiger partial charge in [0, 0.05) is 27.0 Å². The van der Waals surface area contributed by atoms with Gasteiger partial charge < -0.3 is 4.98 Å². The third-order valence-corrected chi connectivity index (χ3v) is 6.24. The second-order valence-corrected chi connectivity index (χ2v) is 8.54. The molecule has 0 saturated carbocycles. The van der Waals surface area contributed by atoms with Gasteiger partial charge in [0.05, 0.1) is 21.9 Å². The molecular weight excluding hydrogens is 430 g/mol. The highest BCUT2D eigenvalue weighted by Crippen LogP contribution is 2.37. The summed E-state index contributed by atoms with van der Waals surface area (Å²) in [7, 11) is 0. The van der Waals surface area contributed by atoms with E-state index in [1.54, 1.807) is 30.0 Å². The first-order valence-corrected chi connectivity index (χ1v) is 11.2. The van der Waals surface area contributed by atoms with Crippen LogP contribution < -0.4 is 0 Å². The number of hydrogen-bond donors (Lipinski definition) is 1. The van der Waals surface area contributed by atoms with Gasteiger partial charge in [-0.05, 0) is 30.3 Å². The van der Waals surface area contributed by atoms with Crippen molar-refractivity contribution in [3.63, 3.8) is 0 Å². The van der Waals surface area contributed by atoms with Gasteiger partial charge in [-0.2, -0.15) is 0 Å². The molecule has 5 nitrogen and oxygen atoms in total. The fraction of sp³-hybridized carbons (Fsp3) is 0. The van der Waals surface area contributed by atoms with Crippen LogP contribution in [0, 0.1) is 10.1 Å².